The number of aryl methyl sites for hydroxylation is 1. The highest BCUT2D eigenvalue weighted by Gasteiger charge is 2.45. The third-order valence-corrected chi connectivity index (χ3v) is 11.0. The number of carbonyl (C=O) groups excluding carboxylic acids is 5. The number of nitrogens with one attached hydrogen (secondary N) is 5. The zero-order chi connectivity index (χ0) is 48.9. The van der Waals surface area contributed by atoms with Crippen LogP contribution in [0.2, 0.25) is 0 Å². The molecule has 22 heteroatoms. The van der Waals surface area contributed by atoms with Crippen molar-refractivity contribution in [3.63, 3.8) is 0 Å². The first-order valence-electron chi connectivity index (χ1n) is 23.5. The Morgan fingerprint density at radius 1 is 0.743 bits per heavy atom. The first-order valence-corrected chi connectivity index (χ1v) is 23.5. The predicted molar refractivity (Wildman–Crippen MR) is 255 cm³/mol. The number of aromatic nitrogens is 5. The van der Waals surface area contributed by atoms with Crippen LogP contribution in [-0.4, -0.2) is 171 Å². The number of hydrogen-bond donors (Lipinski definition) is 5. The van der Waals surface area contributed by atoms with Gasteiger partial charge in [0.05, 0.1) is 116 Å². The van der Waals surface area contributed by atoms with Gasteiger partial charge in [0.25, 0.3) is 17.7 Å². The minimum atomic E-state index is -1.02. The van der Waals surface area contributed by atoms with Crippen LogP contribution in [0, 0.1) is 0 Å². The Balaban J connectivity index is 0.620. The van der Waals surface area contributed by atoms with Crippen molar-refractivity contribution in [1.29, 1.82) is 0 Å². The van der Waals surface area contributed by atoms with Crippen molar-refractivity contribution < 1.29 is 57.1 Å². The summed E-state index contributed by atoms with van der Waals surface area (Å²) in [7, 11) is 0. The number of fused-ring (bicyclic) bond motifs is 2. The van der Waals surface area contributed by atoms with E-state index in [4.69, 9.17) is 38.1 Å². The van der Waals surface area contributed by atoms with E-state index >= 15 is 0 Å². The minimum Gasteiger partial charge on any atom is -0.382 e. The van der Waals surface area contributed by atoms with Gasteiger partial charge < -0.3 is 54.1 Å². The van der Waals surface area contributed by atoms with Crippen molar-refractivity contribution in [2.24, 2.45) is 0 Å². The molecule has 0 radical (unpaired) electrons. The summed E-state index contributed by atoms with van der Waals surface area (Å²) < 4.78 is 40.8. The number of piperidine rings is 1. The first-order chi connectivity index (χ1) is 34.3. The fourth-order valence-electron chi connectivity index (χ4n) is 7.57. The SMILES string of the molecule is CCCn1cc(-c2nc(Nc3ccc(C(=O)NCCOCCOCCOCCOCCOCCOCCOCCNc4cccc5c4C(=O)N(C4CCC(=O)NC4=O)C5=O)cc3)nc3[nH]ccc23)cn1. The average molecular weight is 969 g/mol. The van der Waals surface area contributed by atoms with Crippen molar-refractivity contribution in [2.45, 2.75) is 38.8 Å². The number of H-pyrrole nitrogens is 1. The summed E-state index contributed by atoms with van der Waals surface area (Å²) >= 11 is 0. The molecule has 2 aliphatic heterocycles. The van der Waals surface area contributed by atoms with Gasteiger partial charge in [-0.15, -0.1) is 0 Å². The van der Waals surface area contributed by atoms with Crippen molar-refractivity contribution in [1.82, 2.24) is 40.3 Å². The maximum absolute atomic E-state index is 13.2. The van der Waals surface area contributed by atoms with Crippen LogP contribution in [0.15, 0.2) is 67.1 Å². The van der Waals surface area contributed by atoms with Gasteiger partial charge in [-0.3, -0.25) is 38.9 Å². The third kappa shape index (κ3) is 14.4. The molecule has 7 rings (SSSR count). The van der Waals surface area contributed by atoms with Gasteiger partial charge in [0.15, 0.2) is 0 Å². The second kappa shape index (κ2) is 26.9. The van der Waals surface area contributed by atoms with Crippen molar-refractivity contribution in [2.75, 3.05) is 116 Å². The van der Waals surface area contributed by atoms with E-state index in [-0.39, 0.29) is 29.9 Å². The van der Waals surface area contributed by atoms with E-state index in [2.05, 4.69) is 43.3 Å². The molecule has 0 saturated carbocycles. The summed E-state index contributed by atoms with van der Waals surface area (Å²) in [5, 5.41) is 16.8. The normalized spacial score (nSPS) is 14.6. The molecular formula is C48H60N10O12. The van der Waals surface area contributed by atoms with E-state index in [0.717, 1.165) is 40.2 Å². The highest BCUT2D eigenvalue weighted by molar-refractivity contribution is 6.25. The quantitative estimate of drug-likeness (QED) is 0.0306. The number of rotatable bonds is 32. The lowest BCUT2D eigenvalue weighted by Gasteiger charge is -2.27. The summed E-state index contributed by atoms with van der Waals surface area (Å²) in [4.78, 5) is 76.3. The molecule has 3 aromatic heterocycles. The number of benzene rings is 2. The van der Waals surface area contributed by atoms with Crippen LogP contribution in [0.3, 0.4) is 0 Å². The third-order valence-electron chi connectivity index (χ3n) is 11.0. The summed E-state index contributed by atoms with van der Waals surface area (Å²) in [6.45, 7) is 9.23. The number of carbonyl (C=O) groups is 5. The number of anilines is 3. The Bertz CT molecular complexity index is 2520. The number of hydrogen-bond acceptors (Lipinski definition) is 17. The molecular weight excluding hydrogens is 909 g/mol. The molecule has 5 heterocycles. The lowest BCUT2D eigenvalue weighted by atomic mass is 10.0. The molecule has 5 N–H and O–H groups in total. The molecule has 2 aliphatic rings. The summed E-state index contributed by atoms with van der Waals surface area (Å²) in [6.07, 6.45) is 6.77. The molecule has 1 unspecified atom stereocenters. The first kappa shape index (κ1) is 51.2. The highest BCUT2D eigenvalue weighted by atomic mass is 16.6. The second-order valence-electron chi connectivity index (χ2n) is 16.0. The molecule has 1 fully saturated rings. The smallest absolute Gasteiger partial charge is 0.264 e. The molecule has 22 nitrogen and oxygen atoms in total. The van der Waals surface area contributed by atoms with Gasteiger partial charge in [-0.25, -0.2) is 4.98 Å². The molecule has 5 aromatic rings. The summed E-state index contributed by atoms with van der Waals surface area (Å²) in [5.41, 5.74) is 4.54. The highest BCUT2D eigenvalue weighted by Crippen LogP contribution is 2.32. The number of imide groups is 2. The Labute approximate surface area is 404 Å². The maximum Gasteiger partial charge on any atom is 0.264 e. The Kier molecular flexibility index (Phi) is 19.7. The zero-order valence-corrected chi connectivity index (χ0v) is 39.2. The van der Waals surface area contributed by atoms with Gasteiger partial charge in [-0.2, -0.15) is 10.1 Å². The van der Waals surface area contributed by atoms with Gasteiger partial charge in [-0.1, -0.05) is 13.0 Å². The molecule has 374 valence electrons. The fourth-order valence-corrected chi connectivity index (χ4v) is 7.57. The van der Waals surface area contributed by atoms with Gasteiger partial charge in [0.2, 0.25) is 17.8 Å². The van der Waals surface area contributed by atoms with Crippen LogP contribution in [0.25, 0.3) is 22.3 Å². The molecule has 5 amide bonds. The summed E-state index contributed by atoms with van der Waals surface area (Å²) in [6, 6.07) is 12.9. The molecule has 2 aromatic carbocycles. The van der Waals surface area contributed by atoms with Crippen LogP contribution in [0.1, 0.15) is 57.3 Å². The maximum atomic E-state index is 13.2. The number of nitrogens with zero attached hydrogens (tertiary/aromatic N) is 5. The lowest BCUT2D eigenvalue weighted by Crippen LogP contribution is -2.54. The molecule has 0 spiro atoms. The predicted octanol–water partition coefficient (Wildman–Crippen LogP) is 3.33. The number of amides is 5. The molecule has 1 atom stereocenters. The lowest BCUT2D eigenvalue weighted by molar-refractivity contribution is -0.136. The van der Waals surface area contributed by atoms with E-state index < -0.39 is 29.7 Å². The van der Waals surface area contributed by atoms with Crippen LogP contribution >= 0.6 is 0 Å². The zero-order valence-electron chi connectivity index (χ0n) is 39.2. The van der Waals surface area contributed by atoms with Crippen LogP contribution in [0.4, 0.5) is 17.3 Å². The largest absolute Gasteiger partial charge is 0.382 e. The molecule has 0 bridgehead atoms. The molecule has 0 aliphatic carbocycles. The van der Waals surface area contributed by atoms with Gasteiger partial charge in [-0.05, 0) is 55.3 Å². The van der Waals surface area contributed by atoms with E-state index in [0.29, 0.717) is 128 Å². The Morgan fingerprint density at radius 2 is 1.37 bits per heavy atom. The van der Waals surface area contributed by atoms with Crippen LogP contribution < -0.4 is 21.3 Å². The van der Waals surface area contributed by atoms with E-state index in [9.17, 15) is 24.0 Å². The molecule has 70 heavy (non-hydrogen) atoms. The topological polar surface area (TPSA) is 261 Å². The minimum absolute atomic E-state index is 0.0585. The van der Waals surface area contributed by atoms with Gasteiger partial charge in [0, 0.05) is 66.3 Å². The average Bonchev–Trinajstić information content (AvgIpc) is 4.10. The van der Waals surface area contributed by atoms with E-state index in [1.807, 2.05) is 41.5 Å². The Hall–Kier alpha value is -6.66. The van der Waals surface area contributed by atoms with Crippen LogP contribution in [-0.2, 0) is 49.3 Å². The van der Waals surface area contributed by atoms with Crippen molar-refractivity contribution >= 4 is 57.9 Å². The summed E-state index contributed by atoms with van der Waals surface area (Å²) in [5.74, 6) is -1.97. The van der Waals surface area contributed by atoms with Gasteiger partial charge >= 0.3 is 0 Å². The number of ether oxygens (including phenoxy) is 7. The van der Waals surface area contributed by atoms with Crippen molar-refractivity contribution in [3.05, 3.63) is 83.8 Å². The standard InChI is InChI=1S/C48H60N10O12/c1-2-16-57-32-34(31-52-57)42-37-12-13-50-43(37)56-48(55-42)53-35-8-6-33(7-9-35)44(60)51-15-18-65-20-22-67-24-26-69-28-30-70-29-27-68-25-23-66-21-19-64-17-14-49-38-5-3-4-36-41(38)47(63)58(46(36)62)39-10-11-40(59)54-45(39)61/h3-9,12-13,31-32,39,49H,2,10-11,14-30H2,1H3,(H,51,60)(H,54,59,61)(H2,50,53,55,56). The van der Waals surface area contributed by atoms with Gasteiger partial charge in [0.1, 0.15) is 11.7 Å². The monoisotopic (exact) mass is 968 g/mol. The van der Waals surface area contributed by atoms with E-state index in [1.165, 1.54) is 0 Å². The second-order valence-corrected chi connectivity index (χ2v) is 16.0. The Morgan fingerprint density at radius 3 is 2.00 bits per heavy atom. The fraction of sp³-hybridized carbons (Fsp3) is 0.458. The van der Waals surface area contributed by atoms with Crippen LogP contribution in [0.5, 0.6) is 0 Å². The van der Waals surface area contributed by atoms with E-state index in [1.54, 1.807) is 30.3 Å². The van der Waals surface area contributed by atoms with Crippen molar-refractivity contribution in [3.8, 4) is 11.3 Å². The number of aromatic amines is 1. The molecule has 1 saturated heterocycles.